The summed E-state index contributed by atoms with van der Waals surface area (Å²) in [5, 5.41) is 10.2. The van der Waals surface area contributed by atoms with Crippen LogP contribution in [0.25, 0.3) is 10.9 Å². The number of ether oxygens (including phenoxy) is 3. The van der Waals surface area contributed by atoms with Gasteiger partial charge in [0.1, 0.15) is 17.2 Å². The topological polar surface area (TPSA) is 87.0 Å². The van der Waals surface area contributed by atoms with E-state index in [1.54, 1.807) is 54.8 Å². The van der Waals surface area contributed by atoms with Gasteiger partial charge in [0.05, 0.1) is 18.2 Å². The summed E-state index contributed by atoms with van der Waals surface area (Å²) in [7, 11) is 1.52. The van der Waals surface area contributed by atoms with Gasteiger partial charge in [-0.25, -0.2) is 4.79 Å². The van der Waals surface area contributed by atoms with Crippen LogP contribution in [0, 0.1) is 6.92 Å². The van der Waals surface area contributed by atoms with E-state index in [9.17, 15) is 27.9 Å². The fourth-order valence-corrected chi connectivity index (χ4v) is 5.20. The molecule has 0 aliphatic carbocycles. The van der Waals surface area contributed by atoms with Gasteiger partial charge in [0.2, 0.25) is 5.60 Å². The number of hydrogen-bond donors (Lipinski definition) is 1. The van der Waals surface area contributed by atoms with Crippen molar-refractivity contribution >= 4 is 22.7 Å². The van der Waals surface area contributed by atoms with E-state index in [0.29, 0.717) is 39.2 Å². The number of alkyl halides is 3. The fraction of sp³-hybridized carbons (Fsp3) is 0.267. The Hall–Kier alpha value is -4.47. The van der Waals surface area contributed by atoms with Gasteiger partial charge in [-0.15, -0.1) is 13.2 Å². The van der Waals surface area contributed by atoms with E-state index >= 15 is 0 Å². The lowest BCUT2D eigenvalue weighted by atomic mass is 9.94. The van der Waals surface area contributed by atoms with Crippen molar-refractivity contribution in [1.29, 1.82) is 0 Å². The van der Waals surface area contributed by atoms with E-state index in [1.165, 1.54) is 25.3 Å². The minimum atomic E-state index is -4.88. The molecule has 1 unspecified atom stereocenters. The molecule has 0 bridgehead atoms. The number of aromatic nitrogens is 1. The zero-order valence-electron chi connectivity index (χ0n) is 22.0. The molecule has 0 saturated heterocycles. The van der Waals surface area contributed by atoms with Gasteiger partial charge < -0.3 is 23.9 Å². The zero-order valence-corrected chi connectivity index (χ0v) is 22.0. The second-order valence-corrected chi connectivity index (χ2v) is 9.70. The summed E-state index contributed by atoms with van der Waals surface area (Å²) in [5.74, 6) is -0.666. The summed E-state index contributed by atoms with van der Waals surface area (Å²) in [4.78, 5) is 25.5. The molecule has 7 nitrogen and oxygen atoms in total. The van der Waals surface area contributed by atoms with Gasteiger partial charge in [-0.1, -0.05) is 19.1 Å². The second kappa shape index (κ2) is 9.93. The number of carboxylic acid groups (broad SMARTS) is 1. The molecule has 1 N–H and O–H groups in total. The molecular formula is C30H26F3NO6. The molecule has 0 saturated carbocycles. The molecule has 1 aromatic heterocycles. The number of carboxylic acids is 1. The number of hydrogen-bond acceptors (Lipinski definition) is 5. The van der Waals surface area contributed by atoms with Gasteiger partial charge in [-0.2, -0.15) is 0 Å². The summed E-state index contributed by atoms with van der Waals surface area (Å²) < 4.78 is 55.9. The Morgan fingerprint density at radius 2 is 1.75 bits per heavy atom. The van der Waals surface area contributed by atoms with E-state index < -0.39 is 23.7 Å². The normalized spacial score (nSPS) is 16.4. The van der Waals surface area contributed by atoms with Crippen LogP contribution in [0.3, 0.4) is 0 Å². The highest BCUT2D eigenvalue weighted by Gasteiger charge is 2.45. The van der Waals surface area contributed by atoms with Crippen LogP contribution < -0.4 is 14.2 Å². The summed E-state index contributed by atoms with van der Waals surface area (Å²) in [5.41, 5.74) is 1.87. The van der Waals surface area contributed by atoms with Crippen LogP contribution in [0.1, 0.15) is 46.1 Å². The largest absolute Gasteiger partial charge is 0.573 e. The molecule has 2 heterocycles. The van der Waals surface area contributed by atoms with Gasteiger partial charge in [-0.05, 0) is 66.9 Å². The van der Waals surface area contributed by atoms with Crippen molar-refractivity contribution in [3.8, 4) is 17.2 Å². The number of benzene rings is 3. The Morgan fingerprint density at radius 1 is 1.05 bits per heavy atom. The third kappa shape index (κ3) is 4.85. The summed E-state index contributed by atoms with van der Waals surface area (Å²) in [6.07, 6.45) is -4.40. The molecule has 10 heteroatoms. The Kier molecular flexibility index (Phi) is 6.73. The lowest BCUT2D eigenvalue weighted by Crippen LogP contribution is -2.42. The molecule has 1 aliphatic rings. The predicted molar refractivity (Wildman–Crippen MR) is 140 cm³/mol. The van der Waals surface area contributed by atoms with Crippen molar-refractivity contribution in [3.63, 3.8) is 0 Å². The number of methoxy groups -OCH3 is 1. The first-order valence-corrected chi connectivity index (χ1v) is 12.6. The van der Waals surface area contributed by atoms with E-state index in [1.807, 2.05) is 6.07 Å². The van der Waals surface area contributed by atoms with Gasteiger partial charge in [0, 0.05) is 35.7 Å². The van der Waals surface area contributed by atoms with Gasteiger partial charge in [-0.3, -0.25) is 4.79 Å². The fourth-order valence-electron chi connectivity index (χ4n) is 5.20. The molecule has 5 rings (SSSR count). The number of halogens is 3. The first kappa shape index (κ1) is 27.1. The van der Waals surface area contributed by atoms with Crippen molar-refractivity contribution < 1.29 is 42.1 Å². The van der Waals surface area contributed by atoms with E-state index in [-0.39, 0.29) is 25.2 Å². The molecule has 0 fully saturated rings. The predicted octanol–water partition coefficient (Wildman–Crippen LogP) is 6.30. The average Bonchev–Trinajstić information content (AvgIpc) is 3.43. The maximum Gasteiger partial charge on any atom is 0.573 e. The van der Waals surface area contributed by atoms with Crippen LogP contribution in [0.5, 0.6) is 17.2 Å². The Balaban J connectivity index is 1.59. The van der Waals surface area contributed by atoms with Crippen LogP contribution in [-0.4, -0.2) is 40.5 Å². The summed E-state index contributed by atoms with van der Waals surface area (Å²) in [6.45, 7) is 3.70. The molecule has 1 aliphatic heterocycles. The first-order chi connectivity index (χ1) is 18.9. The SMILES string of the molecule is CCC1(C(=O)O)Cc2cc(Cn3c(C)c(C(=O)c4ccc(OC)cc4)c4ccc(OC(F)(F)F)cc43)ccc2O1. The van der Waals surface area contributed by atoms with Crippen molar-refractivity contribution in [2.24, 2.45) is 0 Å². The molecule has 1 atom stereocenters. The smallest absolute Gasteiger partial charge is 0.497 e. The van der Waals surface area contributed by atoms with E-state index in [4.69, 9.17) is 9.47 Å². The van der Waals surface area contributed by atoms with Gasteiger partial charge in [0.25, 0.3) is 0 Å². The van der Waals surface area contributed by atoms with Crippen LogP contribution >= 0.6 is 0 Å². The lowest BCUT2D eigenvalue weighted by molar-refractivity contribution is -0.274. The maximum absolute atomic E-state index is 13.6. The number of aliphatic carboxylic acids is 1. The van der Waals surface area contributed by atoms with Crippen molar-refractivity contribution in [3.05, 3.63) is 88.6 Å². The summed E-state index contributed by atoms with van der Waals surface area (Å²) in [6, 6.07) is 15.8. The number of carbonyl (C=O) groups excluding carboxylic acids is 1. The minimum absolute atomic E-state index is 0.193. The zero-order chi connectivity index (χ0) is 28.8. The van der Waals surface area contributed by atoms with Crippen LogP contribution in [-0.2, 0) is 17.8 Å². The molecule has 40 heavy (non-hydrogen) atoms. The number of ketones is 1. The van der Waals surface area contributed by atoms with Gasteiger partial charge in [0.15, 0.2) is 5.78 Å². The van der Waals surface area contributed by atoms with E-state index in [2.05, 4.69) is 4.74 Å². The van der Waals surface area contributed by atoms with Crippen molar-refractivity contribution in [2.45, 2.75) is 45.2 Å². The third-order valence-corrected chi connectivity index (χ3v) is 7.32. The minimum Gasteiger partial charge on any atom is -0.497 e. The first-order valence-electron chi connectivity index (χ1n) is 12.6. The second-order valence-electron chi connectivity index (χ2n) is 9.70. The number of rotatable bonds is 8. The maximum atomic E-state index is 13.6. The molecule has 3 aromatic carbocycles. The third-order valence-electron chi connectivity index (χ3n) is 7.32. The van der Waals surface area contributed by atoms with Gasteiger partial charge >= 0.3 is 12.3 Å². The molecule has 208 valence electrons. The highest BCUT2D eigenvalue weighted by molar-refractivity contribution is 6.17. The average molecular weight is 554 g/mol. The van der Waals surface area contributed by atoms with Crippen LogP contribution in [0.2, 0.25) is 0 Å². The highest BCUT2D eigenvalue weighted by atomic mass is 19.4. The van der Waals surface area contributed by atoms with E-state index in [0.717, 1.165) is 11.1 Å². The monoisotopic (exact) mass is 553 g/mol. The van der Waals surface area contributed by atoms with Crippen molar-refractivity contribution in [1.82, 2.24) is 4.57 Å². The number of fused-ring (bicyclic) bond motifs is 2. The molecule has 0 amide bonds. The molecule has 0 spiro atoms. The quantitative estimate of drug-likeness (QED) is 0.258. The van der Waals surface area contributed by atoms with Crippen LogP contribution in [0.15, 0.2) is 60.7 Å². The molecule has 4 aromatic rings. The standard InChI is InChI=1S/C30H26F3NO6/c1-4-29(28(36)37)15-20-13-18(5-12-25(20)40-29)16-34-17(2)26(27(35)19-6-8-21(38-3)9-7-19)23-11-10-22(14-24(23)34)39-30(31,32)33/h5-14H,4,15-16H2,1-3H3,(H,36,37). The Morgan fingerprint density at radius 3 is 2.38 bits per heavy atom. The Bertz CT molecular complexity index is 1620. The summed E-state index contributed by atoms with van der Waals surface area (Å²) >= 11 is 0. The number of carbonyl (C=O) groups is 2. The molecular weight excluding hydrogens is 527 g/mol. The molecule has 0 radical (unpaired) electrons. The van der Waals surface area contributed by atoms with Crippen molar-refractivity contribution in [2.75, 3.05) is 7.11 Å². The van der Waals surface area contributed by atoms with Crippen LogP contribution in [0.4, 0.5) is 13.2 Å². The number of nitrogens with zero attached hydrogens (tertiary/aromatic N) is 1. The Labute approximate surface area is 227 Å². The highest BCUT2D eigenvalue weighted by Crippen LogP contribution is 2.39. The lowest BCUT2D eigenvalue weighted by Gasteiger charge is -2.21.